The lowest BCUT2D eigenvalue weighted by molar-refractivity contribution is 0.140. The molecule has 2 aliphatic heterocycles. The van der Waals surface area contributed by atoms with Gasteiger partial charge in [-0.3, -0.25) is 4.72 Å². The first-order valence-corrected chi connectivity index (χ1v) is 14.9. The Bertz CT molecular complexity index is 1820. The summed E-state index contributed by atoms with van der Waals surface area (Å²) in [6.45, 7) is 1.64. The third-order valence-electron chi connectivity index (χ3n) is 7.39. The Balaban J connectivity index is 1.32. The maximum Gasteiger partial charge on any atom is 0.265 e. The van der Waals surface area contributed by atoms with Crippen LogP contribution in [0.4, 0.5) is 24.8 Å². The molecule has 0 radical (unpaired) electrons. The fourth-order valence-corrected chi connectivity index (χ4v) is 6.74. The summed E-state index contributed by atoms with van der Waals surface area (Å²) in [4.78, 5) is 10.3. The van der Waals surface area contributed by atoms with Gasteiger partial charge < -0.3 is 20.1 Å². The van der Waals surface area contributed by atoms with Crippen LogP contribution in [0.25, 0.3) is 22.0 Å². The molecule has 3 heterocycles. The van der Waals surface area contributed by atoms with Crippen LogP contribution in [0.15, 0.2) is 47.5 Å². The molecule has 2 aliphatic rings. The standard InChI is InChI=1S/C28H25ClF3N5O4S/c1-37-6-4-17(5-7-37)34-28-33-12-15-8-14(9-20(31)26(15)35-28)24-19(30)2-3-21(25(24)32)36-42(39,40)23-11-16(29)10-18-22(38)13-41-27(18)23/h2-3,8-12,17,22,36,38H,4-7,13H2,1H3,(H,33,34,35). The van der Waals surface area contributed by atoms with Gasteiger partial charge in [-0.15, -0.1) is 0 Å². The highest BCUT2D eigenvalue weighted by Gasteiger charge is 2.32. The van der Waals surface area contributed by atoms with E-state index in [2.05, 4.69) is 24.9 Å². The van der Waals surface area contributed by atoms with Crippen molar-refractivity contribution in [3.05, 3.63) is 70.6 Å². The van der Waals surface area contributed by atoms with Gasteiger partial charge in [-0.25, -0.2) is 31.6 Å². The number of rotatable bonds is 6. The lowest BCUT2D eigenvalue weighted by Gasteiger charge is -2.29. The number of aliphatic hydroxyl groups is 1. The third-order valence-corrected chi connectivity index (χ3v) is 8.98. The predicted molar refractivity (Wildman–Crippen MR) is 152 cm³/mol. The fraction of sp³-hybridized carbons (Fsp3) is 0.286. The molecule has 0 spiro atoms. The normalized spacial score (nSPS) is 17.7. The summed E-state index contributed by atoms with van der Waals surface area (Å²) in [5.74, 6) is -3.00. The summed E-state index contributed by atoms with van der Waals surface area (Å²) < 4.78 is 79.9. The Hall–Kier alpha value is -3.65. The van der Waals surface area contributed by atoms with Crippen LogP contribution in [-0.2, 0) is 10.0 Å². The van der Waals surface area contributed by atoms with Crippen LogP contribution in [0.1, 0.15) is 24.5 Å². The van der Waals surface area contributed by atoms with Crippen LogP contribution in [0, 0.1) is 17.5 Å². The minimum absolute atomic E-state index is 0.0116. The summed E-state index contributed by atoms with van der Waals surface area (Å²) >= 11 is 6.05. The molecule has 9 nitrogen and oxygen atoms in total. The Kier molecular flexibility index (Phi) is 7.37. The van der Waals surface area contributed by atoms with Crippen LogP contribution < -0.4 is 14.8 Å². The van der Waals surface area contributed by atoms with Crippen molar-refractivity contribution in [3.8, 4) is 16.9 Å². The molecule has 1 saturated heterocycles. The molecule has 3 aromatic carbocycles. The van der Waals surface area contributed by atoms with Crippen molar-refractivity contribution in [2.75, 3.05) is 36.8 Å². The molecule has 1 atom stereocenters. The first-order valence-electron chi connectivity index (χ1n) is 13.1. The molecule has 1 unspecified atom stereocenters. The van der Waals surface area contributed by atoms with Crippen LogP contribution in [0.5, 0.6) is 5.75 Å². The Morgan fingerprint density at radius 2 is 1.86 bits per heavy atom. The van der Waals surface area contributed by atoms with Gasteiger partial charge in [0.1, 0.15) is 40.5 Å². The van der Waals surface area contributed by atoms with Crippen LogP contribution in [0.2, 0.25) is 5.02 Å². The van der Waals surface area contributed by atoms with E-state index in [1.54, 1.807) is 0 Å². The number of likely N-dealkylation sites (tertiary alicyclic amines) is 1. The largest absolute Gasteiger partial charge is 0.489 e. The van der Waals surface area contributed by atoms with Crippen molar-refractivity contribution in [1.29, 1.82) is 0 Å². The molecule has 0 saturated carbocycles. The van der Waals surface area contributed by atoms with Crippen LogP contribution in [0.3, 0.4) is 0 Å². The highest BCUT2D eigenvalue weighted by molar-refractivity contribution is 7.92. The zero-order valence-corrected chi connectivity index (χ0v) is 23.7. The van der Waals surface area contributed by atoms with Gasteiger partial charge in [-0.1, -0.05) is 11.6 Å². The molecule has 14 heteroatoms. The van der Waals surface area contributed by atoms with E-state index in [1.165, 1.54) is 18.3 Å². The van der Waals surface area contributed by atoms with Gasteiger partial charge in [0, 0.05) is 28.2 Å². The SMILES string of the molecule is CN1CCC(Nc2ncc3cc(-c4c(F)ccc(NS(=O)(=O)c5cc(Cl)cc6c5OCC6O)c4F)cc(F)c3n2)CC1. The number of anilines is 2. The molecule has 0 bridgehead atoms. The molecule has 3 N–H and O–H groups in total. The second-order valence-corrected chi connectivity index (χ2v) is 12.4. The highest BCUT2D eigenvalue weighted by atomic mass is 35.5. The van der Waals surface area contributed by atoms with Gasteiger partial charge in [-0.05, 0) is 74.9 Å². The molecule has 0 amide bonds. The highest BCUT2D eigenvalue weighted by Crippen LogP contribution is 2.41. The van der Waals surface area contributed by atoms with Gasteiger partial charge in [0.15, 0.2) is 5.82 Å². The second-order valence-electron chi connectivity index (χ2n) is 10.3. The zero-order chi connectivity index (χ0) is 29.8. The number of aliphatic hydroxyl groups excluding tert-OH is 1. The quantitative estimate of drug-likeness (QED) is 0.273. The van der Waals surface area contributed by atoms with Crippen molar-refractivity contribution in [1.82, 2.24) is 14.9 Å². The number of fused-ring (bicyclic) bond motifs is 2. The lowest BCUT2D eigenvalue weighted by Crippen LogP contribution is -2.37. The lowest BCUT2D eigenvalue weighted by atomic mass is 10.0. The molecule has 6 rings (SSSR count). The van der Waals surface area contributed by atoms with Crippen molar-refractivity contribution in [2.24, 2.45) is 0 Å². The van der Waals surface area contributed by atoms with Crippen LogP contribution in [-0.4, -0.2) is 61.2 Å². The molecule has 0 aliphatic carbocycles. The van der Waals surface area contributed by atoms with E-state index < -0.39 is 49.7 Å². The van der Waals surface area contributed by atoms with E-state index in [9.17, 15) is 17.9 Å². The minimum Gasteiger partial charge on any atom is -0.489 e. The molecule has 4 aromatic rings. The molecule has 42 heavy (non-hydrogen) atoms. The number of benzene rings is 3. The van der Waals surface area contributed by atoms with Gasteiger partial charge in [-0.2, -0.15) is 0 Å². The summed E-state index contributed by atoms with van der Waals surface area (Å²) in [6.07, 6.45) is 2.04. The van der Waals surface area contributed by atoms with Crippen molar-refractivity contribution in [2.45, 2.75) is 29.9 Å². The summed E-state index contributed by atoms with van der Waals surface area (Å²) in [5.41, 5.74) is -1.27. The van der Waals surface area contributed by atoms with Gasteiger partial charge in [0.25, 0.3) is 10.0 Å². The minimum atomic E-state index is -4.52. The fourth-order valence-electron chi connectivity index (χ4n) is 5.19. The zero-order valence-electron chi connectivity index (χ0n) is 22.2. The topological polar surface area (TPSA) is 117 Å². The van der Waals surface area contributed by atoms with E-state index in [1.807, 2.05) is 7.05 Å². The van der Waals surface area contributed by atoms with Crippen molar-refractivity contribution >= 4 is 44.2 Å². The predicted octanol–water partition coefficient (Wildman–Crippen LogP) is 5.10. The number of ether oxygens (including phenoxy) is 1. The Morgan fingerprint density at radius 1 is 1.10 bits per heavy atom. The number of hydrogen-bond donors (Lipinski definition) is 3. The van der Waals surface area contributed by atoms with E-state index in [-0.39, 0.29) is 51.4 Å². The third kappa shape index (κ3) is 5.33. The average molecular weight is 620 g/mol. The van der Waals surface area contributed by atoms with Crippen LogP contribution >= 0.6 is 11.6 Å². The molecular formula is C28H25ClF3N5O4S. The average Bonchev–Trinajstić information content (AvgIpc) is 3.31. The van der Waals surface area contributed by atoms with Gasteiger partial charge in [0.2, 0.25) is 5.95 Å². The Morgan fingerprint density at radius 3 is 2.62 bits per heavy atom. The van der Waals surface area contributed by atoms with Gasteiger partial charge in [0.05, 0.1) is 11.3 Å². The number of aromatic nitrogens is 2. The maximum atomic E-state index is 15.7. The van der Waals surface area contributed by atoms with Crippen molar-refractivity contribution < 1.29 is 31.4 Å². The van der Waals surface area contributed by atoms with E-state index in [0.29, 0.717) is 0 Å². The number of nitrogens with zero attached hydrogens (tertiary/aromatic N) is 3. The number of hydrogen-bond acceptors (Lipinski definition) is 8. The number of sulfonamides is 1. The first-order chi connectivity index (χ1) is 20.0. The molecule has 1 aromatic heterocycles. The molecule has 1 fully saturated rings. The smallest absolute Gasteiger partial charge is 0.265 e. The summed E-state index contributed by atoms with van der Waals surface area (Å²) in [7, 11) is -2.48. The summed E-state index contributed by atoms with van der Waals surface area (Å²) in [5, 5.41) is 13.5. The molecular weight excluding hydrogens is 595 g/mol. The number of nitrogens with one attached hydrogen (secondary N) is 2. The van der Waals surface area contributed by atoms with Gasteiger partial charge >= 0.3 is 0 Å². The first kappa shape index (κ1) is 28.5. The van der Waals surface area contributed by atoms with E-state index in [4.69, 9.17) is 16.3 Å². The number of piperidine rings is 1. The van der Waals surface area contributed by atoms with E-state index in [0.717, 1.165) is 50.2 Å². The number of halogens is 4. The molecule has 220 valence electrons. The van der Waals surface area contributed by atoms with E-state index >= 15 is 8.78 Å². The summed E-state index contributed by atoms with van der Waals surface area (Å²) in [6, 6.07) is 6.65. The maximum absolute atomic E-state index is 15.7. The second kappa shape index (κ2) is 10.9. The monoisotopic (exact) mass is 619 g/mol. The Labute approximate surface area is 244 Å². The van der Waals surface area contributed by atoms with Crippen molar-refractivity contribution in [3.63, 3.8) is 0 Å².